The second-order valence-corrected chi connectivity index (χ2v) is 6.96. The number of piperazine rings is 1. The van der Waals surface area contributed by atoms with E-state index in [1.165, 1.54) is 10.4 Å². The molecule has 2 rings (SSSR count). The van der Waals surface area contributed by atoms with Crippen LogP contribution in [-0.2, 0) is 10.0 Å². The quantitative estimate of drug-likeness (QED) is 0.858. The summed E-state index contributed by atoms with van der Waals surface area (Å²) in [6, 6.07) is 4.86. The van der Waals surface area contributed by atoms with E-state index in [1.54, 1.807) is 17.0 Å². The summed E-state index contributed by atoms with van der Waals surface area (Å²) in [5.41, 5.74) is 1.15. The first kappa shape index (κ1) is 14.8. The number of sulfonamides is 1. The minimum absolute atomic E-state index is 0.0499. The van der Waals surface area contributed by atoms with E-state index in [1.807, 2.05) is 6.92 Å². The molecule has 1 aliphatic heterocycles. The SMILES string of the molecule is Cc1ccc(O)c(C(=O)N2CCN(S(C)(=O)=O)CC2)c1. The van der Waals surface area contributed by atoms with Crippen LogP contribution in [0.2, 0.25) is 0 Å². The summed E-state index contributed by atoms with van der Waals surface area (Å²) in [5, 5.41) is 9.76. The number of phenolic OH excluding ortho intramolecular Hbond substituents is 1. The summed E-state index contributed by atoms with van der Waals surface area (Å²) in [5.74, 6) is -0.314. The van der Waals surface area contributed by atoms with Crippen LogP contribution in [0.1, 0.15) is 15.9 Å². The van der Waals surface area contributed by atoms with Gasteiger partial charge in [-0.05, 0) is 19.1 Å². The Morgan fingerprint density at radius 3 is 2.35 bits per heavy atom. The van der Waals surface area contributed by atoms with E-state index in [4.69, 9.17) is 0 Å². The highest BCUT2D eigenvalue weighted by atomic mass is 32.2. The Morgan fingerprint density at radius 1 is 1.20 bits per heavy atom. The lowest BCUT2D eigenvalue weighted by atomic mass is 10.1. The molecule has 0 atom stereocenters. The molecule has 0 radical (unpaired) electrons. The smallest absolute Gasteiger partial charge is 0.257 e. The van der Waals surface area contributed by atoms with Gasteiger partial charge in [-0.3, -0.25) is 4.79 Å². The van der Waals surface area contributed by atoms with Crippen molar-refractivity contribution in [3.8, 4) is 5.75 Å². The average Bonchev–Trinajstić information content (AvgIpc) is 2.40. The van der Waals surface area contributed by atoms with Crippen LogP contribution in [-0.4, -0.2) is 61.1 Å². The van der Waals surface area contributed by atoms with E-state index >= 15 is 0 Å². The Morgan fingerprint density at radius 2 is 1.80 bits per heavy atom. The molecular formula is C13H18N2O4S. The predicted molar refractivity (Wildman–Crippen MR) is 75.2 cm³/mol. The lowest BCUT2D eigenvalue weighted by Crippen LogP contribution is -2.50. The van der Waals surface area contributed by atoms with Gasteiger partial charge in [0.05, 0.1) is 11.8 Å². The molecule has 1 heterocycles. The molecule has 20 heavy (non-hydrogen) atoms. The zero-order valence-electron chi connectivity index (χ0n) is 11.5. The van der Waals surface area contributed by atoms with Crippen molar-refractivity contribution in [2.45, 2.75) is 6.92 Å². The lowest BCUT2D eigenvalue weighted by molar-refractivity contribution is 0.0695. The van der Waals surface area contributed by atoms with Crippen LogP contribution in [0, 0.1) is 6.92 Å². The Labute approximate surface area is 118 Å². The third-order valence-electron chi connectivity index (χ3n) is 3.38. The summed E-state index contributed by atoms with van der Waals surface area (Å²) in [4.78, 5) is 13.9. The topological polar surface area (TPSA) is 77.9 Å². The molecule has 1 aliphatic rings. The van der Waals surface area contributed by atoms with Crippen molar-refractivity contribution >= 4 is 15.9 Å². The summed E-state index contributed by atoms with van der Waals surface area (Å²) in [7, 11) is -3.21. The molecule has 0 spiro atoms. The van der Waals surface area contributed by atoms with Crippen molar-refractivity contribution in [2.24, 2.45) is 0 Å². The van der Waals surface area contributed by atoms with Gasteiger partial charge in [0.25, 0.3) is 5.91 Å². The van der Waals surface area contributed by atoms with Gasteiger partial charge in [-0.25, -0.2) is 8.42 Å². The molecule has 110 valence electrons. The molecule has 1 aromatic rings. The number of hydrogen-bond donors (Lipinski definition) is 1. The van der Waals surface area contributed by atoms with E-state index in [2.05, 4.69) is 0 Å². The third-order valence-corrected chi connectivity index (χ3v) is 4.68. The van der Waals surface area contributed by atoms with Gasteiger partial charge in [0.1, 0.15) is 5.75 Å². The van der Waals surface area contributed by atoms with Gasteiger partial charge in [-0.2, -0.15) is 4.31 Å². The first-order valence-electron chi connectivity index (χ1n) is 6.33. The molecule has 0 aromatic heterocycles. The maximum Gasteiger partial charge on any atom is 0.257 e. The third kappa shape index (κ3) is 3.10. The first-order valence-corrected chi connectivity index (χ1v) is 8.18. The van der Waals surface area contributed by atoms with E-state index in [-0.39, 0.29) is 30.3 Å². The highest BCUT2D eigenvalue weighted by Gasteiger charge is 2.27. The van der Waals surface area contributed by atoms with Gasteiger partial charge in [0.15, 0.2) is 0 Å². The zero-order valence-corrected chi connectivity index (χ0v) is 12.4. The second-order valence-electron chi connectivity index (χ2n) is 4.97. The molecular weight excluding hydrogens is 280 g/mol. The van der Waals surface area contributed by atoms with Crippen molar-refractivity contribution in [3.63, 3.8) is 0 Å². The molecule has 1 N–H and O–H groups in total. The van der Waals surface area contributed by atoms with E-state index in [9.17, 15) is 18.3 Å². The Hall–Kier alpha value is -1.60. The average molecular weight is 298 g/mol. The van der Waals surface area contributed by atoms with Crippen LogP contribution in [0.25, 0.3) is 0 Å². The summed E-state index contributed by atoms with van der Waals surface area (Å²) >= 11 is 0. The zero-order chi connectivity index (χ0) is 14.9. The Balaban J connectivity index is 2.11. The molecule has 0 bridgehead atoms. The lowest BCUT2D eigenvalue weighted by Gasteiger charge is -2.33. The molecule has 0 unspecified atom stereocenters. The fourth-order valence-corrected chi connectivity index (χ4v) is 3.04. The van der Waals surface area contributed by atoms with E-state index in [0.717, 1.165) is 11.8 Å². The fourth-order valence-electron chi connectivity index (χ4n) is 2.21. The number of aromatic hydroxyl groups is 1. The molecule has 1 fully saturated rings. The maximum atomic E-state index is 12.3. The van der Waals surface area contributed by atoms with Crippen LogP contribution in [0.3, 0.4) is 0 Å². The van der Waals surface area contributed by atoms with Crippen molar-refractivity contribution in [1.29, 1.82) is 0 Å². The number of benzene rings is 1. The number of carbonyl (C=O) groups excluding carboxylic acids is 1. The molecule has 7 heteroatoms. The van der Waals surface area contributed by atoms with Crippen LogP contribution in [0.15, 0.2) is 18.2 Å². The van der Waals surface area contributed by atoms with Gasteiger partial charge in [-0.15, -0.1) is 0 Å². The molecule has 0 saturated carbocycles. The number of phenols is 1. The van der Waals surface area contributed by atoms with Gasteiger partial charge in [0, 0.05) is 26.2 Å². The summed E-state index contributed by atoms with van der Waals surface area (Å²) < 4.78 is 24.2. The summed E-state index contributed by atoms with van der Waals surface area (Å²) in [6.45, 7) is 3.09. The van der Waals surface area contributed by atoms with Crippen LogP contribution in [0.5, 0.6) is 5.75 Å². The number of aryl methyl sites for hydroxylation is 1. The largest absolute Gasteiger partial charge is 0.507 e. The predicted octanol–water partition coefficient (Wildman–Crippen LogP) is 0.418. The highest BCUT2D eigenvalue weighted by molar-refractivity contribution is 7.88. The number of rotatable bonds is 2. The van der Waals surface area contributed by atoms with Crippen LogP contribution >= 0.6 is 0 Å². The Kier molecular flexibility index (Phi) is 4.01. The molecule has 1 aromatic carbocycles. The van der Waals surface area contributed by atoms with Gasteiger partial charge in [-0.1, -0.05) is 11.6 Å². The van der Waals surface area contributed by atoms with Crippen LogP contribution < -0.4 is 0 Å². The van der Waals surface area contributed by atoms with Crippen molar-refractivity contribution in [1.82, 2.24) is 9.21 Å². The second kappa shape index (κ2) is 5.41. The number of nitrogens with zero attached hydrogens (tertiary/aromatic N) is 2. The Bertz CT molecular complexity index is 619. The van der Waals surface area contributed by atoms with Gasteiger partial charge in [0.2, 0.25) is 10.0 Å². The van der Waals surface area contributed by atoms with Crippen molar-refractivity contribution in [2.75, 3.05) is 32.4 Å². The first-order chi connectivity index (χ1) is 9.29. The normalized spacial score (nSPS) is 17.2. The van der Waals surface area contributed by atoms with E-state index in [0.29, 0.717) is 13.1 Å². The van der Waals surface area contributed by atoms with Gasteiger partial charge >= 0.3 is 0 Å². The molecule has 1 saturated heterocycles. The molecule has 1 amide bonds. The number of hydrogen-bond acceptors (Lipinski definition) is 4. The fraction of sp³-hybridized carbons (Fsp3) is 0.462. The number of amides is 1. The highest BCUT2D eigenvalue weighted by Crippen LogP contribution is 2.21. The summed E-state index contributed by atoms with van der Waals surface area (Å²) in [6.07, 6.45) is 1.16. The minimum Gasteiger partial charge on any atom is -0.507 e. The van der Waals surface area contributed by atoms with Crippen molar-refractivity contribution < 1.29 is 18.3 Å². The molecule has 0 aliphatic carbocycles. The maximum absolute atomic E-state index is 12.3. The van der Waals surface area contributed by atoms with Crippen LogP contribution in [0.4, 0.5) is 0 Å². The minimum atomic E-state index is -3.21. The number of carbonyl (C=O) groups is 1. The van der Waals surface area contributed by atoms with E-state index < -0.39 is 10.0 Å². The monoisotopic (exact) mass is 298 g/mol. The van der Waals surface area contributed by atoms with Gasteiger partial charge < -0.3 is 10.0 Å². The standard InChI is InChI=1S/C13H18N2O4S/c1-10-3-4-12(16)11(9-10)13(17)14-5-7-15(8-6-14)20(2,18)19/h3-4,9,16H,5-8H2,1-2H3. The van der Waals surface area contributed by atoms with Crippen molar-refractivity contribution in [3.05, 3.63) is 29.3 Å². The molecule has 6 nitrogen and oxygen atoms in total.